The zero-order valence-electron chi connectivity index (χ0n) is 19.4. The molecule has 3 atom stereocenters. The summed E-state index contributed by atoms with van der Waals surface area (Å²) >= 11 is 0. The number of ketones is 1. The fraction of sp³-hybridized carbons (Fsp3) is 0.280. The summed E-state index contributed by atoms with van der Waals surface area (Å²) in [5.41, 5.74) is 2.64. The van der Waals surface area contributed by atoms with Crippen molar-refractivity contribution in [3.63, 3.8) is 0 Å². The highest BCUT2D eigenvalue weighted by Gasteiger charge is 2.56. The predicted molar refractivity (Wildman–Crippen MR) is 127 cm³/mol. The van der Waals surface area contributed by atoms with Crippen molar-refractivity contribution in [1.29, 1.82) is 0 Å². The molecule has 3 amide bonds. The van der Waals surface area contributed by atoms with Gasteiger partial charge in [-0.3, -0.25) is 24.3 Å². The number of likely N-dealkylation sites (N-methyl/N-ethyl adjacent to an activating group) is 1. The number of urea groups is 1. The van der Waals surface area contributed by atoms with E-state index in [4.69, 9.17) is 9.73 Å². The molecule has 0 aliphatic carbocycles. The van der Waals surface area contributed by atoms with Gasteiger partial charge in [0.2, 0.25) is 5.96 Å². The van der Waals surface area contributed by atoms with Gasteiger partial charge in [0.1, 0.15) is 5.75 Å². The largest absolute Gasteiger partial charge is 0.497 e. The van der Waals surface area contributed by atoms with E-state index in [0.29, 0.717) is 5.96 Å². The second-order valence-electron chi connectivity index (χ2n) is 8.50. The number of Topliss-reactive ketones (excluding diaryl/α,β-unsaturated/α-hetero) is 1. The normalized spacial score (nSPS) is 22.4. The highest BCUT2D eigenvalue weighted by molar-refractivity contribution is 6.16. The van der Waals surface area contributed by atoms with Crippen LogP contribution in [0.5, 0.6) is 5.75 Å². The number of amides is 3. The maximum absolute atomic E-state index is 13.6. The van der Waals surface area contributed by atoms with Gasteiger partial charge >= 0.3 is 6.03 Å². The summed E-state index contributed by atoms with van der Waals surface area (Å²) in [6.07, 6.45) is 1.20. The van der Waals surface area contributed by atoms with Crippen molar-refractivity contribution in [3.8, 4) is 5.75 Å². The number of guanidine groups is 1. The van der Waals surface area contributed by atoms with Crippen LogP contribution in [-0.4, -0.2) is 70.8 Å². The van der Waals surface area contributed by atoms with Crippen molar-refractivity contribution in [1.82, 2.24) is 14.7 Å². The van der Waals surface area contributed by atoms with Crippen LogP contribution < -0.4 is 9.64 Å². The van der Waals surface area contributed by atoms with Gasteiger partial charge in [0.15, 0.2) is 18.0 Å². The van der Waals surface area contributed by atoms with Gasteiger partial charge in [0.05, 0.1) is 18.8 Å². The fourth-order valence-electron chi connectivity index (χ4n) is 4.53. The summed E-state index contributed by atoms with van der Waals surface area (Å²) in [4.78, 5) is 49.7. The van der Waals surface area contributed by atoms with Crippen LogP contribution in [-0.2, 0) is 9.59 Å². The van der Waals surface area contributed by atoms with E-state index in [1.54, 1.807) is 21.1 Å². The third-order valence-electron chi connectivity index (χ3n) is 6.53. The summed E-state index contributed by atoms with van der Waals surface area (Å²) in [5.74, 6) is 0.579. The van der Waals surface area contributed by atoms with E-state index in [1.807, 2.05) is 70.6 Å². The average molecular weight is 460 g/mol. The lowest BCUT2D eigenvalue weighted by atomic mass is 10.1. The van der Waals surface area contributed by atoms with Gasteiger partial charge in [-0.2, -0.15) is 0 Å². The lowest BCUT2D eigenvalue weighted by molar-refractivity contribution is -0.142. The Balaban J connectivity index is 1.61. The molecule has 2 aromatic carbocycles. The third-order valence-corrected chi connectivity index (χ3v) is 6.53. The number of hydrogen-bond donors (Lipinski definition) is 0. The second kappa shape index (κ2) is 8.02. The first-order valence-corrected chi connectivity index (χ1v) is 11.0. The lowest BCUT2D eigenvalue weighted by Crippen LogP contribution is -2.66. The highest BCUT2D eigenvalue weighted by atomic mass is 16.5. The van der Waals surface area contributed by atoms with Gasteiger partial charge in [0.25, 0.3) is 5.91 Å². The van der Waals surface area contributed by atoms with Crippen molar-refractivity contribution in [2.45, 2.75) is 32.1 Å². The molecular formula is C25H25N5O4. The Hall–Kier alpha value is -4.14. The topological polar surface area (TPSA) is 85.8 Å². The van der Waals surface area contributed by atoms with Crippen LogP contribution in [0.4, 0.5) is 10.5 Å². The van der Waals surface area contributed by atoms with Crippen LogP contribution >= 0.6 is 0 Å². The molecule has 3 aliphatic heterocycles. The standard InChI is InChI=1S/C25H25N5O4/c1-15(16(2)31)29-23(32)21-22(27(3)25(29)33)26-24-28(21)14-20(17-8-6-5-7-9-17)30(24)18-10-12-19(34-4)13-11-18/h5-15,21-22H,1-4H3. The molecule has 9 heteroatoms. The van der Waals surface area contributed by atoms with E-state index in [-0.39, 0.29) is 5.78 Å². The molecule has 0 aromatic heterocycles. The van der Waals surface area contributed by atoms with E-state index in [0.717, 1.165) is 27.6 Å². The molecule has 174 valence electrons. The van der Waals surface area contributed by atoms with Crippen molar-refractivity contribution in [3.05, 3.63) is 66.4 Å². The van der Waals surface area contributed by atoms with E-state index < -0.39 is 30.2 Å². The fourth-order valence-corrected chi connectivity index (χ4v) is 4.53. The van der Waals surface area contributed by atoms with Crippen molar-refractivity contribution < 1.29 is 19.1 Å². The number of rotatable bonds is 5. The minimum atomic E-state index is -0.856. The van der Waals surface area contributed by atoms with Gasteiger partial charge < -0.3 is 9.64 Å². The number of fused-ring (bicyclic) bond motifs is 3. The third kappa shape index (κ3) is 3.15. The average Bonchev–Trinajstić information content (AvgIpc) is 3.40. The van der Waals surface area contributed by atoms with Crippen LogP contribution in [0.2, 0.25) is 0 Å². The highest BCUT2D eigenvalue weighted by Crippen LogP contribution is 2.40. The maximum atomic E-state index is 13.6. The molecule has 3 heterocycles. The summed E-state index contributed by atoms with van der Waals surface area (Å²) in [5, 5.41) is 0. The number of methoxy groups -OCH3 is 1. The molecule has 2 aromatic rings. The Morgan fingerprint density at radius 1 is 1.06 bits per heavy atom. The monoisotopic (exact) mass is 459 g/mol. The van der Waals surface area contributed by atoms with Gasteiger partial charge in [-0.15, -0.1) is 0 Å². The number of carbonyl (C=O) groups is 3. The minimum absolute atomic E-state index is 0.255. The van der Waals surface area contributed by atoms with E-state index in [1.165, 1.54) is 11.8 Å². The number of nitrogens with zero attached hydrogens (tertiary/aromatic N) is 5. The number of carbonyl (C=O) groups excluding carboxylic acids is 3. The Bertz CT molecular complexity index is 1220. The molecule has 0 saturated carbocycles. The molecular weight excluding hydrogens is 434 g/mol. The number of aliphatic imine (C=N–C) groups is 1. The molecule has 9 nitrogen and oxygen atoms in total. The van der Waals surface area contributed by atoms with Crippen molar-refractivity contribution in [2.75, 3.05) is 19.1 Å². The van der Waals surface area contributed by atoms with Crippen LogP contribution in [0.1, 0.15) is 19.4 Å². The lowest BCUT2D eigenvalue weighted by Gasteiger charge is -2.41. The first-order chi connectivity index (χ1) is 16.3. The molecule has 0 spiro atoms. The molecule has 3 unspecified atom stereocenters. The molecule has 0 bridgehead atoms. The van der Waals surface area contributed by atoms with E-state index in [2.05, 4.69) is 0 Å². The first kappa shape index (κ1) is 21.7. The summed E-state index contributed by atoms with van der Waals surface area (Å²) < 4.78 is 5.30. The Kier molecular flexibility index (Phi) is 5.11. The molecule has 1 fully saturated rings. The first-order valence-electron chi connectivity index (χ1n) is 11.0. The molecule has 34 heavy (non-hydrogen) atoms. The van der Waals surface area contributed by atoms with Gasteiger partial charge in [-0.25, -0.2) is 9.79 Å². The molecule has 0 N–H and O–H groups in total. The van der Waals surface area contributed by atoms with Gasteiger partial charge in [-0.05, 0) is 38.1 Å². The number of imide groups is 1. The number of ether oxygens (including phenoxy) is 1. The Morgan fingerprint density at radius 2 is 1.74 bits per heavy atom. The number of benzene rings is 2. The smallest absolute Gasteiger partial charge is 0.328 e. The second-order valence-corrected chi connectivity index (χ2v) is 8.50. The zero-order valence-corrected chi connectivity index (χ0v) is 19.4. The molecule has 3 aliphatic rings. The predicted octanol–water partition coefficient (Wildman–Crippen LogP) is 2.75. The van der Waals surface area contributed by atoms with Crippen LogP contribution in [0.3, 0.4) is 0 Å². The summed E-state index contributed by atoms with van der Waals surface area (Å²) in [6.45, 7) is 2.95. The maximum Gasteiger partial charge on any atom is 0.328 e. The van der Waals surface area contributed by atoms with Gasteiger partial charge in [-0.1, -0.05) is 30.3 Å². The molecule has 0 radical (unpaired) electrons. The molecule has 5 rings (SSSR count). The number of hydrogen-bond acceptors (Lipinski definition) is 7. The quantitative estimate of drug-likeness (QED) is 0.684. The van der Waals surface area contributed by atoms with Crippen molar-refractivity contribution >= 4 is 35.1 Å². The van der Waals surface area contributed by atoms with Crippen LogP contribution in [0.25, 0.3) is 5.70 Å². The van der Waals surface area contributed by atoms with Crippen molar-refractivity contribution in [2.24, 2.45) is 4.99 Å². The number of anilines is 1. The summed E-state index contributed by atoms with van der Waals surface area (Å²) in [7, 11) is 3.22. The minimum Gasteiger partial charge on any atom is -0.497 e. The van der Waals surface area contributed by atoms with E-state index >= 15 is 0 Å². The summed E-state index contributed by atoms with van der Waals surface area (Å²) in [6, 6.07) is 15.2. The van der Waals surface area contributed by atoms with Crippen LogP contribution in [0, 0.1) is 0 Å². The van der Waals surface area contributed by atoms with E-state index in [9.17, 15) is 14.4 Å². The molecule has 1 saturated heterocycles. The Labute approximate surface area is 197 Å². The zero-order chi connectivity index (χ0) is 24.1. The SMILES string of the molecule is COc1ccc(N2C(c3ccccc3)=CN3C2=NC2C3C(=O)N(C(C)C(C)=O)C(=O)N2C)cc1. The van der Waals surface area contributed by atoms with Gasteiger partial charge in [0, 0.05) is 24.5 Å². The Morgan fingerprint density at radius 3 is 2.35 bits per heavy atom. The van der Waals surface area contributed by atoms with Crippen LogP contribution in [0.15, 0.2) is 65.8 Å².